The fourth-order valence-electron chi connectivity index (χ4n) is 3.35. The molecular formula is C21H29N3O2. The van der Waals surface area contributed by atoms with E-state index in [1.807, 2.05) is 43.3 Å². The Hall–Kier alpha value is -2.11. The van der Waals surface area contributed by atoms with E-state index in [4.69, 9.17) is 4.42 Å². The molecule has 1 aliphatic heterocycles. The molecule has 0 saturated carbocycles. The maximum Gasteiger partial charge on any atom is 0.251 e. The van der Waals surface area contributed by atoms with Gasteiger partial charge in [0.2, 0.25) is 0 Å². The summed E-state index contributed by atoms with van der Waals surface area (Å²) < 4.78 is 5.65. The van der Waals surface area contributed by atoms with Crippen molar-refractivity contribution in [2.45, 2.75) is 26.3 Å². The molecule has 1 fully saturated rings. The minimum absolute atomic E-state index is 0.0271. The molecule has 140 valence electrons. The van der Waals surface area contributed by atoms with Crippen LogP contribution >= 0.6 is 0 Å². The van der Waals surface area contributed by atoms with E-state index in [0.29, 0.717) is 18.2 Å². The molecule has 0 unspecified atom stereocenters. The van der Waals surface area contributed by atoms with Crippen molar-refractivity contribution in [3.63, 3.8) is 0 Å². The number of piperazine rings is 1. The summed E-state index contributed by atoms with van der Waals surface area (Å²) in [5, 5.41) is 3.05. The number of amides is 1. The Kier molecular flexibility index (Phi) is 6.12. The van der Waals surface area contributed by atoms with Crippen LogP contribution in [0.4, 0.5) is 0 Å². The van der Waals surface area contributed by atoms with Crippen molar-refractivity contribution >= 4 is 5.91 Å². The molecule has 3 rings (SSSR count). The molecule has 1 aromatic heterocycles. The molecule has 2 heterocycles. The van der Waals surface area contributed by atoms with Crippen LogP contribution in [0.15, 0.2) is 40.8 Å². The molecule has 5 nitrogen and oxygen atoms in total. The number of nitrogens with zero attached hydrogens (tertiary/aromatic N) is 2. The fourth-order valence-corrected chi connectivity index (χ4v) is 3.35. The molecule has 1 atom stereocenters. The summed E-state index contributed by atoms with van der Waals surface area (Å²) in [5.74, 6) is 1.63. The fraction of sp³-hybridized carbons (Fsp3) is 0.476. The van der Waals surface area contributed by atoms with E-state index in [2.05, 4.69) is 29.1 Å². The number of hydrogen-bond donors (Lipinski definition) is 1. The standard InChI is InChI=1S/C21H29N3O2/c1-16(24-13-11-23(3)12-14-24)9-10-22-21(25)19-6-4-5-18(15-19)20-8-7-17(2)26-20/h4-8,15-16H,9-14H2,1-3H3,(H,22,25)/t16-/m1/s1. The highest BCUT2D eigenvalue weighted by molar-refractivity contribution is 5.95. The smallest absolute Gasteiger partial charge is 0.251 e. The van der Waals surface area contributed by atoms with Gasteiger partial charge in [0, 0.05) is 49.9 Å². The predicted octanol–water partition coefficient (Wildman–Crippen LogP) is 3.01. The lowest BCUT2D eigenvalue weighted by atomic mass is 10.1. The Bertz CT molecular complexity index is 732. The molecule has 1 aromatic carbocycles. The van der Waals surface area contributed by atoms with E-state index in [1.165, 1.54) is 0 Å². The number of benzene rings is 1. The normalized spacial score (nSPS) is 17.2. The number of carbonyl (C=O) groups excluding carboxylic acids is 1. The van der Waals surface area contributed by atoms with Gasteiger partial charge < -0.3 is 14.6 Å². The number of rotatable bonds is 6. The molecule has 0 bridgehead atoms. The van der Waals surface area contributed by atoms with Crippen LogP contribution in [0.2, 0.25) is 0 Å². The number of hydrogen-bond acceptors (Lipinski definition) is 4. The van der Waals surface area contributed by atoms with Crippen molar-refractivity contribution < 1.29 is 9.21 Å². The lowest BCUT2D eigenvalue weighted by molar-refractivity contribution is 0.0935. The number of likely N-dealkylation sites (N-methyl/N-ethyl adjacent to an activating group) is 1. The SMILES string of the molecule is Cc1ccc(-c2cccc(C(=O)NCC[C@@H](C)N3CCN(C)CC3)c2)o1. The highest BCUT2D eigenvalue weighted by atomic mass is 16.3. The first-order chi connectivity index (χ1) is 12.5. The third-order valence-electron chi connectivity index (χ3n) is 5.16. The van der Waals surface area contributed by atoms with Crippen LogP contribution in [-0.4, -0.2) is 61.5 Å². The molecule has 5 heteroatoms. The van der Waals surface area contributed by atoms with Crippen LogP contribution < -0.4 is 5.32 Å². The molecule has 26 heavy (non-hydrogen) atoms. The third kappa shape index (κ3) is 4.74. The zero-order valence-electron chi connectivity index (χ0n) is 16.0. The zero-order chi connectivity index (χ0) is 18.5. The predicted molar refractivity (Wildman–Crippen MR) is 104 cm³/mol. The zero-order valence-corrected chi connectivity index (χ0v) is 16.0. The van der Waals surface area contributed by atoms with Crippen molar-refractivity contribution in [3.05, 3.63) is 47.7 Å². The van der Waals surface area contributed by atoms with Gasteiger partial charge >= 0.3 is 0 Å². The van der Waals surface area contributed by atoms with E-state index in [-0.39, 0.29) is 5.91 Å². The van der Waals surface area contributed by atoms with Crippen LogP contribution in [0, 0.1) is 6.92 Å². The largest absolute Gasteiger partial charge is 0.461 e. The minimum atomic E-state index is -0.0271. The number of furan rings is 1. The van der Waals surface area contributed by atoms with Crippen molar-refractivity contribution in [1.82, 2.24) is 15.1 Å². The van der Waals surface area contributed by atoms with Gasteiger partial charge in [0.1, 0.15) is 11.5 Å². The molecule has 1 saturated heterocycles. The summed E-state index contributed by atoms with van der Waals surface area (Å²) in [6.07, 6.45) is 0.965. The quantitative estimate of drug-likeness (QED) is 0.865. The molecular weight excluding hydrogens is 326 g/mol. The van der Waals surface area contributed by atoms with Crippen molar-refractivity contribution in [2.24, 2.45) is 0 Å². The lowest BCUT2D eigenvalue weighted by Gasteiger charge is -2.36. The second-order valence-electron chi connectivity index (χ2n) is 7.22. The van der Waals surface area contributed by atoms with Gasteiger partial charge in [0.05, 0.1) is 0 Å². The van der Waals surface area contributed by atoms with E-state index in [0.717, 1.165) is 49.7 Å². The number of carbonyl (C=O) groups is 1. The van der Waals surface area contributed by atoms with Crippen LogP contribution in [-0.2, 0) is 0 Å². The van der Waals surface area contributed by atoms with Crippen molar-refractivity contribution in [1.29, 1.82) is 0 Å². The Labute approximate surface area is 156 Å². The van der Waals surface area contributed by atoms with E-state index >= 15 is 0 Å². The first-order valence-electron chi connectivity index (χ1n) is 9.40. The summed E-state index contributed by atoms with van der Waals surface area (Å²) in [7, 11) is 2.17. The van der Waals surface area contributed by atoms with E-state index in [9.17, 15) is 4.79 Å². The Balaban J connectivity index is 1.50. The molecule has 2 aromatic rings. The molecule has 0 spiro atoms. The highest BCUT2D eigenvalue weighted by Crippen LogP contribution is 2.22. The summed E-state index contributed by atoms with van der Waals surface area (Å²) in [6, 6.07) is 11.9. The van der Waals surface area contributed by atoms with E-state index < -0.39 is 0 Å². The Morgan fingerprint density at radius 2 is 1.96 bits per heavy atom. The van der Waals surface area contributed by atoms with Crippen molar-refractivity contribution in [3.8, 4) is 11.3 Å². The maximum atomic E-state index is 12.5. The van der Waals surface area contributed by atoms with Gasteiger partial charge in [-0.2, -0.15) is 0 Å². The second kappa shape index (κ2) is 8.52. The van der Waals surface area contributed by atoms with Gasteiger partial charge in [-0.3, -0.25) is 9.69 Å². The van der Waals surface area contributed by atoms with Crippen LogP contribution in [0.25, 0.3) is 11.3 Å². The maximum absolute atomic E-state index is 12.5. The van der Waals surface area contributed by atoms with Crippen LogP contribution in [0.1, 0.15) is 29.5 Å². The average Bonchev–Trinajstić information content (AvgIpc) is 3.08. The first-order valence-corrected chi connectivity index (χ1v) is 9.40. The third-order valence-corrected chi connectivity index (χ3v) is 5.16. The molecule has 1 amide bonds. The lowest BCUT2D eigenvalue weighted by Crippen LogP contribution is -2.48. The Morgan fingerprint density at radius 1 is 1.19 bits per heavy atom. The molecule has 1 aliphatic rings. The van der Waals surface area contributed by atoms with Crippen LogP contribution in [0.5, 0.6) is 0 Å². The summed E-state index contributed by atoms with van der Waals surface area (Å²) >= 11 is 0. The minimum Gasteiger partial charge on any atom is -0.461 e. The molecule has 0 radical (unpaired) electrons. The topological polar surface area (TPSA) is 48.7 Å². The van der Waals surface area contributed by atoms with Crippen molar-refractivity contribution in [2.75, 3.05) is 39.8 Å². The highest BCUT2D eigenvalue weighted by Gasteiger charge is 2.19. The van der Waals surface area contributed by atoms with Gasteiger partial charge in [0.25, 0.3) is 5.91 Å². The number of aryl methyl sites for hydroxylation is 1. The molecule has 0 aliphatic carbocycles. The van der Waals surface area contributed by atoms with Gasteiger partial charge in [-0.15, -0.1) is 0 Å². The van der Waals surface area contributed by atoms with Gasteiger partial charge in [0.15, 0.2) is 0 Å². The van der Waals surface area contributed by atoms with E-state index in [1.54, 1.807) is 0 Å². The van der Waals surface area contributed by atoms with Gasteiger partial charge in [-0.25, -0.2) is 0 Å². The summed E-state index contributed by atoms with van der Waals surface area (Å²) in [4.78, 5) is 17.3. The second-order valence-corrected chi connectivity index (χ2v) is 7.22. The monoisotopic (exact) mass is 355 g/mol. The average molecular weight is 355 g/mol. The summed E-state index contributed by atoms with van der Waals surface area (Å²) in [5.41, 5.74) is 1.60. The van der Waals surface area contributed by atoms with Gasteiger partial charge in [-0.1, -0.05) is 12.1 Å². The van der Waals surface area contributed by atoms with Gasteiger partial charge in [-0.05, 0) is 51.6 Å². The molecule has 1 N–H and O–H groups in total. The number of nitrogens with one attached hydrogen (secondary N) is 1. The first kappa shape index (κ1) is 18.7. The Morgan fingerprint density at radius 3 is 2.65 bits per heavy atom. The summed E-state index contributed by atoms with van der Waals surface area (Å²) in [6.45, 7) is 9.31. The van der Waals surface area contributed by atoms with Crippen LogP contribution in [0.3, 0.4) is 0 Å².